The maximum atomic E-state index is 13.5. The van der Waals surface area contributed by atoms with E-state index in [1.54, 1.807) is 12.1 Å². The van der Waals surface area contributed by atoms with Gasteiger partial charge >= 0.3 is 6.18 Å². The van der Waals surface area contributed by atoms with E-state index >= 15 is 0 Å². The van der Waals surface area contributed by atoms with Crippen molar-refractivity contribution < 1.29 is 27.2 Å². The van der Waals surface area contributed by atoms with E-state index in [1.807, 2.05) is 19.1 Å². The topological polar surface area (TPSA) is 49.4 Å². The normalized spacial score (nSPS) is 14.3. The number of amides is 2. The highest BCUT2D eigenvalue weighted by Gasteiger charge is 2.41. The fourth-order valence-corrected chi connectivity index (χ4v) is 3.55. The van der Waals surface area contributed by atoms with Gasteiger partial charge in [-0.3, -0.25) is 9.59 Å². The molecule has 3 aromatic rings. The minimum atomic E-state index is -4.64. The van der Waals surface area contributed by atoms with Gasteiger partial charge < -0.3 is 5.32 Å². The molecule has 0 aliphatic carbocycles. The van der Waals surface area contributed by atoms with Crippen LogP contribution in [-0.2, 0) is 22.2 Å². The number of imide groups is 1. The predicted molar refractivity (Wildman–Crippen MR) is 117 cm³/mol. The number of nitrogens with zero attached hydrogens (tertiary/aromatic N) is 1. The lowest BCUT2D eigenvalue weighted by Crippen LogP contribution is -2.32. The molecular weight excluding hydrogens is 436 g/mol. The average Bonchev–Trinajstić information content (AvgIpc) is 3.04. The zero-order chi connectivity index (χ0) is 23.8. The quantitative estimate of drug-likeness (QED) is 0.391. The van der Waals surface area contributed by atoms with Crippen molar-refractivity contribution in [2.75, 3.05) is 10.2 Å². The van der Waals surface area contributed by atoms with Crippen LogP contribution in [0.5, 0.6) is 0 Å². The first kappa shape index (κ1) is 22.3. The molecule has 0 fully saturated rings. The smallest absolute Gasteiger partial charge is 0.350 e. The van der Waals surface area contributed by atoms with Crippen LogP contribution in [0.1, 0.15) is 23.6 Å². The standard InChI is InChI=1S/C25H18F4N2O2/c1-2-15-6-12-19(13-7-15)30-22-21(16-8-10-18(26)11-9-16)23(32)31(24(22)33)20-5-3-4-17(14-20)25(27,28)29/h3-14,30H,2H2,1H3. The summed E-state index contributed by atoms with van der Waals surface area (Å²) in [5.74, 6) is -2.15. The molecule has 0 saturated carbocycles. The minimum absolute atomic E-state index is 0.0584. The van der Waals surface area contributed by atoms with Gasteiger partial charge in [-0.25, -0.2) is 9.29 Å². The van der Waals surface area contributed by atoms with E-state index in [9.17, 15) is 27.2 Å². The van der Waals surface area contributed by atoms with Gasteiger partial charge in [0.25, 0.3) is 11.8 Å². The van der Waals surface area contributed by atoms with Gasteiger partial charge in [-0.1, -0.05) is 37.3 Å². The molecule has 4 nitrogen and oxygen atoms in total. The first-order valence-electron chi connectivity index (χ1n) is 10.1. The second kappa shape index (κ2) is 8.54. The van der Waals surface area contributed by atoms with E-state index in [2.05, 4.69) is 5.32 Å². The van der Waals surface area contributed by atoms with Gasteiger partial charge in [0.1, 0.15) is 11.5 Å². The van der Waals surface area contributed by atoms with E-state index in [0.717, 1.165) is 42.3 Å². The van der Waals surface area contributed by atoms with Gasteiger partial charge in [0.05, 0.1) is 16.8 Å². The summed E-state index contributed by atoms with van der Waals surface area (Å²) in [6.07, 6.45) is -3.83. The fraction of sp³-hybridized carbons (Fsp3) is 0.120. The second-order valence-corrected chi connectivity index (χ2v) is 7.43. The summed E-state index contributed by atoms with van der Waals surface area (Å²) >= 11 is 0. The number of carbonyl (C=O) groups is 2. The molecule has 0 spiro atoms. The summed E-state index contributed by atoms with van der Waals surface area (Å²) in [4.78, 5) is 27.3. The predicted octanol–water partition coefficient (Wildman–Crippen LogP) is 5.80. The highest BCUT2D eigenvalue weighted by molar-refractivity contribution is 6.46. The summed E-state index contributed by atoms with van der Waals surface area (Å²) in [6.45, 7) is 1.99. The Kier molecular flexibility index (Phi) is 5.76. The monoisotopic (exact) mass is 454 g/mol. The number of halogens is 4. The second-order valence-electron chi connectivity index (χ2n) is 7.43. The Bertz CT molecular complexity index is 1250. The SMILES string of the molecule is CCc1ccc(NC2=C(c3ccc(F)cc3)C(=O)N(c3cccc(C(F)(F)F)c3)C2=O)cc1. The molecule has 0 bridgehead atoms. The molecule has 0 atom stereocenters. The molecule has 0 aromatic heterocycles. The van der Waals surface area contributed by atoms with E-state index in [4.69, 9.17) is 0 Å². The van der Waals surface area contributed by atoms with Crippen LogP contribution in [0.25, 0.3) is 5.57 Å². The number of nitrogens with one attached hydrogen (secondary N) is 1. The third-order valence-corrected chi connectivity index (χ3v) is 5.28. The molecule has 1 aliphatic heterocycles. The van der Waals surface area contributed by atoms with Gasteiger partial charge in [-0.2, -0.15) is 13.2 Å². The van der Waals surface area contributed by atoms with E-state index in [1.165, 1.54) is 18.2 Å². The maximum Gasteiger partial charge on any atom is 0.416 e. The molecule has 1 aliphatic rings. The van der Waals surface area contributed by atoms with Gasteiger partial charge in [0.2, 0.25) is 0 Å². The number of hydrogen-bond acceptors (Lipinski definition) is 3. The van der Waals surface area contributed by atoms with Crippen molar-refractivity contribution in [2.24, 2.45) is 0 Å². The number of aryl methyl sites for hydroxylation is 1. The average molecular weight is 454 g/mol. The minimum Gasteiger partial charge on any atom is -0.350 e. The van der Waals surface area contributed by atoms with Crippen LogP contribution in [0.15, 0.2) is 78.5 Å². The first-order chi connectivity index (χ1) is 15.7. The number of anilines is 2. The van der Waals surface area contributed by atoms with Crippen molar-refractivity contribution in [1.29, 1.82) is 0 Å². The molecule has 4 rings (SSSR count). The Labute approximate surface area is 187 Å². The fourth-order valence-electron chi connectivity index (χ4n) is 3.55. The molecule has 2 amide bonds. The van der Waals surface area contributed by atoms with E-state index in [0.29, 0.717) is 10.6 Å². The van der Waals surface area contributed by atoms with Crippen LogP contribution < -0.4 is 10.2 Å². The number of hydrogen-bond donors (Lipinski definition) is 1. The van der Waals surface area contributed by atoms with Crippen molar-refractivity contribution in [1.82, 2.24) is 0 Å². The van der Waals surface area contributed by atoms with Crippen LogP contribution in [0, 0.1) is 5.82 Å². The number of rotatable bonds is 5. The zero-order valence-electron chi connectivity index (χ0n) is 17.4. The van der Waals surface area contributed by atoms with Gasteiger partial charge in [-0.05, 0) is 60.0 Å². The Balaban J connectivity index is 1.79. The van der Waals surface area contributed by atoms with Gasteiger partial charge in [-0.15, -0.1) is 0 Å². The number of benzene rings is 3. The molecule has 0 radical (unpaired) electrons. The van der Waals surface area contributed by atoms with Gasteiger partial charge in [0.15, 0.2) is 0 Å². The summed E-state index contributed by atoms with van der Waals surface area (Å²) in [5, 5.41) is 2.93. The van der Waals surface area contributed by atoms with Crippen LogP contribution in [0.4, 0.5) is 28.9 Å². The third-order valence-electron chi connectivity index (χ3n) is 5.28. The molecule has 33 heavy (non-hydrogen) atoms. The van der Waals surface area contributed by atoms with E-state index in [-0.39, 0.29) is 22.5 Å². The van der Waals surface area contributed by atoms with Crippen molar-refractivity contribution >= 4 is 28.8 Å². The van der Waals surface area contributed by atoms with Crippen molar-refractivity contribution in [3.8, 4) is 0 Å². The molecule has 0 saturated heterocycles. The highest BCUT2D eigenvalue weighted by Crippen LogP contribution is 2.37. The Hall–Kier alpha value is -3.94. The lowest BCUT2D eigenvalue weighted by Gasteiger charge is -2.17. The zero-order valence-corrected chi connectivity index (χ0v) is 17.4. The molecular formula is C25H18F4N2O2. The Morgan fingerprint density at radius 2 is 1.55 bits per heavy atom. The molecule has 8 heteroatoms. The molecule has 168 valence electrons. The first-order valence-corrected chi connectivity index (χ1v) is 10.1. The van der Waals surface area contributed by atoms with Crippen LogP contribution in [0.2, 0.25) is 0 Å². The summed E-state index contributed by atoms with van der Waals surface area (Å²) in [6, 6.07) is 16.1. The van der Waals surface area contributed by atoms with Gasteiger partial charge in [0, 0.05) is 5.69 Å². The Morgan fingerprint density at radius 3 is 2.15 bits per heavy atom. The van der Waals surface area contributed by atoms with Crippen LogP contribution >= 0.6 is 0 Å². The van der Waals surface area contributed by atoms with Crippen molar-refractivity contribution in [3.05, 3.63) is 101 Å². The van der Waals surface area contributed by atoms with E-state index < -0.39 is 29.4 Å². The largest absolute Gasteiger partial charge is 0.416 e. The summed E-state index contributed by atoms with van der Waals surface area (Å²) < 4.78 is 53.1. The summed E-state index contributed by atoms with van der Waals surface area (Å²) in [5.41, 5.74) is 0.488. The number of carbonyl (C=O) groups excluding carboxylic acids is 2. The van der Waals surface area contributed by atoms with Crippen LogP contribution in [0.3, 0.4) is 0 Å². The lowest BCUT2D eigenvalue weighted by atomic mass is 10.0. The maximum absolute atomic E-state index is 13.5. The van der Waals surface area contributed by atoms with Crippen molar-refractivity contribution in [2.45, 2.75) is 19.5 Å². The Morgan fingerprint density at radius 1 is 0.879 bits per heavy atom. The van der Waals surface area contributed by atoms with Crippen LogP contribution in [-0.4, -0.2) is 11.8 Å². The molecule has 1 N–H and O–H groups in total. The number of alkyl halides is 3. The third kappa shape index (κ3) is 4.37. The molecule has 3 aromatic carbocycles. The lowest BCUT2D eigenvalue weighted by molar-refractivity contribution is -0.137. The highest BCUT2D eigenvalue weighted by atomic mass is 19.4. The molecule has 0 unspecified atom stereocenters. The summed E-state index contributed by atoms with van der Waals surface area (Å²) in [7, 11) is 0. The molecule has 1 heterocycles. The van der Waals surface area contributed by atoms with Crippen molar-refractivity contribution in [3.63, 3.8) is 0 Å².